The Hall–Kier alpha value is -0.770. The van der Waals surface area contributed by atoms with Crippen molar-refractivity contribution in [3.05, 3.63) is 0 Å². The zero-order chi connectivity index (χ0) is 19.0. The molecule has 0 aromatic rings. The van der Waals surface area contributed by atoms with E-state index in [4.69, 9.17) is 14.5 Å². The lowest BCUT2D eigenvalue weighted by Gasteiger charge is -2.33. The Morgan fingerprint density at radius 2 is 2.04 bits per heavy atom. The first kappa shape index (κ1) is 24.3. The lowest BCUT2D eigenvalue weighted by Crippen LogP contribution is -2.44. The highest BCUT2D eigenvalue weighted by molar-refractivity contribution is 14.0. The van der Waals surface area contributed by atoms with Gasteiger partial charge in [0.25, 0.3) is 0 Å². The van der Waals surface area contributed by atoms with Crippen LogP contribution < -0.4 is 10.6 Å². The molecule has 27 heavy (non-hydrogen) atoms. The van der Waals surface area contributed by atoms with E-state index >= 15 is 0 Å². The molecule has 2 atom stereocenters. The molecule has 0 saturated carbocycles. The number of nitrogens with zero attached hydrogens (tertiary/aromatic N) is 2. The number of halogens is 1. The maximum atomic E-state index is 12.3. The molecule has 2 saturated heterocycles. The first-order valence-corrected chi connectivity index (χ1v) is 9.99. The molecule has 1 amide bonds. The molecular weight excluding hydrogens is 459 g/mol. The predicted octanol–water partition coefficient (Wildman–Crippen LogP) is 2.99. The van der Waals surface area contributed by atoms with Gasteiger partial charge >= 0.3 is 6.09 Å². The number of amides is 1. The van der Waals surface area contributed by atoms with E-state index in [0.29, 0.717) is 19.0 Å². The molecule has 0 bridgehead atoms. The summed E-state index contributed by atoms with van der Waals surface area (Å²) < 4.78 is 11.2. The fourth-order valence-corrected chi connectivity index (χ4v) is 3.28. The van der Waals surface area contributed by atoms with Crippen molar-refractivity contribution in [3.8, 4) is 0 Å². The van der Waals surface area contributed by atoms with Gasteiger partial charge in [-0.1, -0.05) is 0 Å². The molecule has 2 N–H and O–H groups in total. The topological polar surface area (TPSA) is 75.2 Å². The standard InChI is InChI=1S/C19H36N4O3.HI/c1-5-20-17(22-13-16-9-7-11-25-16)21-12-15-8-6-10-23(14-15)18(24)26-19(2,3)4;/h15-16H,5-14H2,1-4H3,(H2,20,21,22);1H. The lowest BCUT2D eigenvalue weighted by molar-refractivity contribution is 0.0170. The number of likely N-dealkylation sites (tertiary alicyclic amines) is 1. The number of carbonyl (C=O) groups excluding carboxylic acids is 1. The van der Waals surface area contributed by atoms with E-state index in [1.807, 2.05) is 25.7 Å². The van der Waals surface area contributed by atoms with Crippen molar-refractivity contribution in [2.75, 3.05) is 39.3 Å². The van der Waals surface area contributed by atoms with Crippen LogP contribution in [0.15, 0.2) is 4.99 Å². The van der Waals surface area contributed by atoms with Crippen molar-refractivity contribution < 1.29 is 14.3 Å². The largest absolute Gasteiger partial charge is 0.444 e. The van der Waals surface area contributed by atoms with E-state index in [0.717, 1.165) is 57.9 Å². The van der Waals surface area contributed by atoms with Gasteiger partial charge in [-0.15, -0.1) is 24.0 Å². The molecule has 2 aliphatic rings. The smallest absolute Gasteiger partial charge is 0.410 e. The van der Waals surface area contributed by atoms with Crippen LogP contribution in [0.2, 0.25) is 0 Å². The summed E-state index contributed by atoms with van der Waals surface area (Å²) in [5.74, 6) is 1.20. The Kier molecular flexibility index (Phi) is 10.7. The average molecular weight is 496 g/mol. The summed E-state index contributed by atoms with van der Waals surface area (Å²) in [6, 6.07) is 0. The molecule has 0 aromatic carbocycles. The molecule has 7 nitrogen and oxygen atoms in total. The van der Waals surface area contributed by atoms with Crippen molar-refractivity contribution in [2.45, 2.75) is 65.1 Å². The van der Waals surface area contributed by atoms with Crippen LogP contribution in [-0.2, 0) is 9.47 Å². The number of aliphatic imine (C=N–C) groups is 1. The zero-order valence-electron chi connectivity index (χ0n) is 17.3. The molecular formula is C19H37IN4O3. The van der Waals surface area contributed by atoms with Gasteiger partial charge in [0.15, 0.2) is 5.96 Å². The van der Waals surface area contributed by atoms with Crippen LogP contribution in [-0.4, -0.2) is 68.0 Å². The number of rotatable bonds is 5. The quantitative estimate of drug-likeness (QED) is 0.348. The van der Waals surface area contributed by atoms with E-state index < -0.39 is 5.60 Å². The minimum Gasteiger partial charge on any atom is -0.444 e. The minimum absolute atomic E-state index is 0. The van der Waals surface area contributed by atoms with Gasteiger partial charge in [0.1, 0.15) is 5.60 Å². The third kappa shape index (κ3) is 9.32. The highest BCUT2D eigenvalue weighted by Crippen LogP contribution is 2.19. The Morgan fingerprint density at radius 1 is 1.26 bits per heavy atom. The summed E-state index contributed by atoms with van der Waals surface area (Å²) in [5, 5.41) is 6.67. The van der Waals surface area contributed by atoms with E-state index in [9.17, 15) is 4.79 Å². The van der Waals surface area contributed by atoms with Crippen molar-refractivity contribution in [2.24, 2.45) is 10.9 Å². The monoisotopic (exact) mass is 496 g/mol. The van der Waals surface area contributed by atoms with Crippen molar-refractivity contribution in [3.63, 3.8) is 0 Å². The molecule has 8 heteroatoms. The van der Waals surface area contributed by atoms with E-state index in [1.165, 1.54) is 0 Å². The number of hydrogen-bond donors (Lipinski definition) is 2. The fourth-order valence-electron chi connectivity index (χ4n) is 3.28. The number of hydrogen-bond acceptors (Lipinski definition) is 4. The van der Waals surface area contributed by atoms with Crippen LogP contribution in [0.3, 0.4) is 0 Å². The number of piperidine rings is 1. The van der Waals surface area contributed by atoms with Crippen LogP contribution in [0.4, 0.5) is 4.79 Å². The van der Waals surface area contributed by atoms with Crippen LogP contribution >= 0.6 is 24.0 Å². The van der Waals surface area contributed by atoms with Crippen molar-refractivity contribution in [1.29, 1.82) is 0 Å². The lowest BCUT2D eigenvalue weighted by atomic mass is 9.98. The van der Waals surface area contributed by atoms with Gasteiger partial charge in [-0.05, 0) is 59.3 Å². The highest BCUT2D eigenvalue weighted by atomic mass is 127. The van der Waals surface area contributed by atoms with Crippen LogP contribution in [0.1, 0.15) is 53.4 Å². The predicted molar refractivity (Wildman–Crippen MR) is 119 cm³/mol. The second kappa shape index (κ2) is 11.9. The van der Waals surface area contributed by atoms with Crippen molar-refractivity contribution in [1.82, 2.24) is 15.5 Å². The van der Waals surface area contributed by atoms with Crippen LogP contribution in [0.5, 0.6) is 0 Å². The SMILES string of the molecule is CCNC(=NCC1CCCN(C(=O)OC(C)(C)C)C1)NCC1CCCO1.I. The summed E-state index contributed by atoms with van der Waals surface area (Å²) in [6.45, 7) is 12.4. The molecule has 2 unspecified atom stereocenters. The van der Waals surface area contributed by atoms with Gasteiger partial charge in [0.2, 0.25) is 0 Å². The first-order chi connectivity index (χ1) is 12.4. The molecule has 0 aromatic heterocycles. The van der Waals surface area contributed by atoms with Crippen molar-refractivity contribution >= 4 is 36.0 Å². The van der Waals surface area contributed by atoms with E-state index in [1.54, 1.807) is 0 Å². The highest BCUT2D eigenvalue weighted by Gasteiger charge is 2.27. The third-order valence-corrected chi connectivity index (χ3v) is 4.54. The van der Waals surface area contributed by atoms with Gasteiger partial charge in [0.05, 0.1) is 6.10 Å². The van der Waals surface area contributed by atoms with Gasteiger partial charge in [-0.2, -0.15) is 0 Å². The van der Waals surface area contributed by atoms with E-state index in [-0.39, 0.29) is 36.2 Å². The summed E-state index contributed by atoms with van der Waals surface area (Å²) in [7, 11) is 0. The summed E-state index contributed by atoms with van der Waals surface area (Å²) in [5.41, 5.74) is -0.452. The van der Waals surface area contributed by atoms with Gasteiger partial charge in [0, 0.05) is 39.3 Å². The molecule has 0 aliphatic carbocycles. The summed E-state index contributed by atoms with van der Waals surface area (Å²) >= 11 is 0. The first-order valence-electron chi connectivity index (χ1n) is 9.99. The molecule has 2 aliphatic heterocycles. The molecule has 2 rings (SSSR count). The number of ether oxygens (including phenoxy) is 2. The third-order valence-electron chi connectivity index (χ3n) is 4.54. The zero-order valence-corrected chi connectivity index (χ0v) is 19.6. The van der Waals surface area contributed by atoms with E-state index in [2.05, 4.69) is 17.6 Å². The Bertz CT molecular complexity index is 476. The van der Waals surface area contributed by atoms with Gasteiger partial charge in [-0.3, -0.25) is 4.99 Å². The fraction of sp³-hybridized carbons (Fsp3) is 0.895. The molecule has 0 radical (unpaired) electrons. The van der Waals surface area contributed by atoms with Gasteiger partial charge < -0.3 is 25.0 Å². The maximum absolute atomic E-state index is 12.3. The number of guanidine groups is 1. The molecule has 2 fully saturated rings. The Labute approximate surface area is 181 Å². The second-order valence-corrected chi connectivity index (χ2v) is 8.17. The normalized spacial score (nSPS) is 23.6. The summed E-state index contributed by atoms with van der Waals surface area (Å²) in [4.78, 5) is 18.8. The minimum atomic E-state index is -0.452. The molecule has 2 heterocycles. The maximum Gasteiger partial charge on any atom is 0.410 e. The summed E-state index contributed by atoms with van der Waals surface area (Å²) in [6.07, 6.45) is 4.42. The molecule has 0 spiro atoms. The van der Waals surface area contributed by atoms with Gasteiger partial charge in [-0.25, -0.2) is 4.79 Å². The van der Waals surface area contributed by atoms with Crippen LogP contribution in [0, 0.1) is 5.92 Å². The number of carbonyl (C=O) groups is 1. The number of nitrogens with one attached hydrogen (secondary N) is 2. The molecule has 158 valence electrons. The Balaban J connectivity index is 0.00000364. The average Bonchev–Trinajstić information content (AvgIpc) is 3.09. The second-order valence-electron chi connectivity index (χ2n) is 8.17. The van der Waals surface area contributed by atoms with Crippen LogP contribution in [0.25, 0.3) is 0 Å². The Morgan fingerprint density at radius 3 is 2.67 bits per heavy atom.